The average Bonchev–Trinajstić information content (AvgIpc) is 3.14. The van der Waals surface area contributed by atoms with Gasteiger partial charge < -0.3 is 14.4 Å². The van der Waals surface area contributed by atoms with Crippen molar-refractivity contribution in [2.45, 2.75) is 51.1 Å². The minimum atomic E-state index is 0.0372. The first-order valence-electron chi connectivity index (χ1n) is 10.7. The lowest BCUT2D eigenvalue weighted by Gasteiger charge is -2.25. The van der Waals surface area contributed by atoms with E-state index in [1.807, 2.05) is 43.9 Å². The van der Waals surface area contributed by atoms with Gasteiger partial charge in [0.1, 0.15) is 11.1 Å². The predicted molar refractivity (Wildman–Crippen MR) is 120 cm³/mol. The van der Waals surface area contributed by atoms with E-state index in [0.29, 0.717) is 23.8 Å². The lowest BCUT2D eigenvalue weighted by atomic mass is 10.0. The highest BCUT2D eigenvalue weighted by atomic mass is 32.2. The summed E-state index contributed by atoms with van der Waals surface area (Å²) in [6.45, 7) is 7.90. The smallest absolute Gasteiger partial charge is 0.233 e. The Hall–Kier alpha value is -2.72. The zero-order valence-corrected chi connectivity index (χ0v) is 19.1. The van der Waals surface area contributed by atoms with E-state index in [2.05, 4.69) is 11.1 Å². The van der Waals surface area contributed by atoms with E-state index in [1.54, 1.807) is 0 Å². The molecule has 3 heterocycles. The summed E-state index contributed by atoms with van der Waals surface area (Å²) < 4.78 is 11.6. The summed E-state index contributed by atoms with van der Waals surface area (Å²) in [7, 11) is 0. The van der Waals surface area contributed by atoms with Gasteiger partial charge in [0.05, 0.1) is 30.6 Å². The van der Waals surface area contributed by atoms with Crippen LogP contribution in [0.5, 0.6) is 11.5 Å². The lowest BCUT2D eigenvalue weighted by molar-refractivity contribution is -0.129. The molecule has 162 valence electrons. The second-order valence-corrected chi connectivity index (χ2v) is 8.99. The van der Waals surface area contributed by atoms with Gasteiger partial charge in [0.2, 0.25) is 5.91 Å². The predicted octanol–water partition coefficient (Wildman–Crippen LogP) is 4.50. The fourth-order valence-electron chi connectivity index (χ4n) is 4.16. The molecule has 1 amide bonds. The van der Waals surface area contributed by atoms with Gasteiger partial charge in [-0.25, -0.2) is 4.98 Å². The van der Waals surface area contributed by atoms with Crippen LogP contribution in [0.3, 0.4) is 0 Å². The molecule has 7 heteroatoms. The number of nitriles is 1. The summed E-state index contributed by atoms with van der Waals surface area (Å²) in [6.07, 6.45) is 2.77. The van der Waals surface area contributed by atoms with Gasteiger partial charge in [-0.3, -0.25) is 4.79 Å². The summed E-state index contributed by atoms with van der Waals surface area (Å²) in [4.78, 5) is 19.6. The van der Waals surface area contributed by atoms with E-state index < -0.39 is 0 Å². The Morgan fingerprint density at radius 2 is 1.97 bits per heavy atom. The maximum Gasteiger partial charge on any atom is 0.233 e. The van der Waals surface area contributed by atoms with Gasteiger partial charge in [-0.2, -0.15) is 5.26 Å². The Labute approximate surface area is 187 Å². The quantitative estimate of drug-likeness (QED) is 0.656. The highest BCUT2D eigenvalue weighted by Crippen LogP contribution is 2.38. The minimum absolute atomic E-state index is 0.0372. The molecule has 1 fully saturated rings. The van der Waals surface area contributed by atoms with Crippen molar-refractivity contribution < 1.29 is 14.3 Å². The average molecular weight is 438 g/mol. The van der Waals surface area contributed by atoms with Gasteiger partial charge in [-0.05, 0) is 62.4 Å². The van der Waals surface area contributed by atoms with Crippen molar-refractivity contribution in [2.75, 3.05) is 25.5 Å². The summed E-state index contributed by atoms with van der Waals surface area (Å²) in [5, 5.41) is 10.2. The maximum atomic E-state index is 13.1. The van der Waals surface area contributed by atoms with Gasteiger partial charge in [0.25, 0.3) is 0 Å². The van der Waals surface area contributed by atoms with Crippen molar-refractivity contribution >= 4 is 17.7 Å². The largest absolute Gasteiger partial charge is 0.490 e. The Bertz CT molecular complexity index is 1050. The second kappa shape index (κ2) is 9.19. The van der Waals surface area contributed by atoms with Crippen LogP contribution in [0.1, 0.15) is 53.3 Å². The van der Waals surface area contributed by atoms with Crippen molar-refractivity contribution in [2.24, 2.45) is 0 Å². The summed E-state index contributed by atoms with van der Waals surface area (Å²) in [5.41, 5.74) is 4.52. The number of likely N-dealkylation sites (tertiary alicyclic amines) is 1. The number of nitrogens with zero attached hydrogens (tertiary/aromatic N) is 3. The summed E-state index contributed by atoms with van der Waals surface area (Å²) in [6, 6.07) is 8.31. The van der Waals surface area contributed by atoms with E-state index in [1.165, 1.54) is 11.8 Å². The molecule has 6 nitrogen and oxygen atoms in total. The molecule has 2 aliphatic rings. The molecule has 1 unspecified atom stereocenters. The van der Waals surface area contributed by atoms with E-state index in [-0.39, 0.29) is 17.7 Å². The first-order chi connectivity index (χ1) is 15.0. The SMILES string of the molecule is Cc1nc(SCC(=O)N2CCCC2c2ccc3c(c2)OCCCO3)c(C#N)c(C)c1C. The molecule has 1 saturated heterocycles. The number of hydrogen-bond donors (Lipinski definition) is 0. The Balaban J connectivity index is 1.49. The standard InChI is InChI=1S/C24H27N3O3S/c1-15-16(2)19(13-25)24(26-17(15)3)31-14-23(28)27-9-4-6-20(27)18-7-8-21-22(12-18)30-11-5-10-29-21/h7-8,12,20H,4-6,9-11,14H2,1-3H3. The van der Waals surface area contributed by atoms with E-state index in [9.17, 15) is 10.1 Å². The fraction of sp³-hybridized carbons (Fsp3) is 0.458. The number of benzene rings is 1. The molecule has 2 aliphatic heterocycles. The molecule has 0 bridgehead atoms. The minimum Gasteiger partial charge on any atom is -0.490 e. The van der Waals surface area contributed by atoms with Gasteiger partial charge in [-0.15, -0.1) is 0 Å². The third kappa shape index (κ3) is 4.35. The van der Waals surface area contributed by atoms with Crippen LogP contribution in [0.15, 0.2) is 23.2 Å². The number of carbonyl (C=O) groups is 1. The Morgan fingerprint density at radius 3 is 2.74 bits per heavy atom. The van der Waals surface area contributed by atoms with E-state index in [4.69, 9.17) is 9.47 Å². The van der Waals surface area contributed by atoms with Crippen LogP contribution in [-0.2, 0) is 4.79 Å². The lowest BCUT2D eigenvalue weighted by Crippen LogP contribution is -2.32. The molecule has 1 atom stereocenters. The molecule has 0 N–H and O–H groups in total. The number of aromatic nitrogens is 1. The number of thioether (sulfide) groups is 1. The number of pyridine rings is 1. The molecule has 0 spiro atoms. The van der Waals surface area contributed by atoms with Crippen molar-refractivity contribution in [3.05, 3.63) is 46.1 Å². The van der Waals surface area contributed by atoms with Crippen LogP contribution >= 0.6 is 11.8 Å². The fourth-order valence-corrected chi connectivity index (χ4v) is 5.13. The van der Waals surface area contributed by atoms with E-state index >= 15 is 0 Å². The van der Waals surface area contributed by atoms with Gasteiger partial charge in [-0.1, -0.05) is 17.8 Å². The van der Waals surface area contributed by atoms with Crippen LogP contribution < -0.4 is 9.47 Å². The first-order valence-corrected chi connectivity index (χ1v) is 11.7. The number of hydrogen-bond acceptors (Lipinski definition) is 6. The van der Waals surface area contributed by atoms with Crippen molar-refractivity contribution in [1.29, 1.82) is 5.26 Å². The molecular formula is C24H27N3O3S. The Morgan fingerprint density at radius 1 is 1.19 bits per heavy atom. The van der Waals surface area contributed by atoms with Crippen LogP contribution in [0.2, 0.25) is 0 Å². The van der Waals surface area contributed by atoms with Crippen molar-refractivity contribution in [1.82, 2.24) is 9.88 Å². The third-order valence-electron chi connectivity index (χ3n) is 6.14. The maximum absolute atomic E-state index is 13.1. The van der Waals surface area contributed by atoms with Crippen LogP contribution in [0.25, 0.3) is 0 Å². The zero-order chi connectivity index (χ0) is 22.0. The van der Waals surface area contributed by atoms with Gasteiger partial charge in [0.15, 0.2) is 11.5 Å². The molecular weight excluding hydrogens is 410 g/mol. The summed E-state index contributed by atoms with van der Waals surface area (Å²) >= 11 is 1.36. The number of ether oxygens (including phenoxy) is 2. The number of amides is 1. The third-order valence-corrected chi connectivity index (χ3v) is 7.10. The topological polar surface area (TPSA) is 75.5 Å². The zero-order valence-electron chi connectivity index (χ0n) is 18.2. The molecule has 4 rings (SSSR count). The molecule has 1 aromatic carbocycles. The first kappa shape index (κ1) is 21.5. The highest BCUT2D eigenvalue weighted by molar-refractivity contribution is 8.00. The molecule has 0 saturated carbocycles. The molecule has 2 aromatic rings. The monoisotopic (exact) mass is 437 g/mol. The van der Waals surface area contributed by atoms with Crippen LogP contribution in [0, 0.1) is 32.1 Å². The number of carbonyl (C=O) groups excluding carboxylic acids is 1. The highest BCUT2D eigenvalue weighted by Gasteiger charge is 2.31. The van der Waals surface area contributed by atoms with Gasteiger partial charge in [0, 0.05) is 18.7 Å². The van der Waals surface area contributed by atoms with Crippen LogP contribution in [0.4, 0.5) is 0 Å². The molecule has 0 aliphatic carbocycles. The number of rotatable bonds is 4. The molecule has 1 aromatic heterocycles. The van der Waals surface area contributed by atoms with Gasteiger partial charge >= 0.3 is 0 Å². The van der Waals surface area contributed by atoms with Crippen molar-refractivity contribution in [3.63, 3.8) is 0 Å². The van der Waals surface area contributed by atoms with Crippen molar-refractivity contribution in [3.8, 4) is 17.6 Å². The van der Waals surface area contributed by atoms with E-state index in [0.717, 1.165) is 59.7 Å². The van der Waals surface area contributed by atoms with Crippen LogP contribution in [-0.4, -0.2) is 41.3 Å². The molecule has 0 radical (unpaired) electrons. The number of fused-ring (bicyclic) bond motifs is 1. The Kier molecular flexibility index (Phi) is 6.38. The number of aryl methyl sites for hydroxylation is 1. The second-order valence-electron chi connectivity index (χ2n) is 8.03. The summed E-state index contributed by atoms with van der Waals surface area (Å²) in [5.74, 6) is 1.87. The normalized spacial score (nSPS) is 17.9. The molecule has 31 heavy (non-hydrogen) atoms.